The van der Waals surface area contributed by atoms with E-state index in [0.29, 0.717) is 0 Å². The number of carboxylic acid groups (broad SMARTS) is 1. The van der Waals surface area contributed by atoms with Gasteiger partial charge in [0.15, 0.2) is 0 Å². The topological polar surface area (TPSA) is 66.4 Å². The van der Waals surface area contributed by atoms with Gasteiger partial charge in [0.1, 0.15) is 6.04 Å². The minimum atomic E-state index is -1.04. The van der Waals surface area contributed by atoms with Crippen molar-refractivity contribution in [3.63, 3.8) is 0 Å². The lowest BCUT2D eigenvalue weighted by Crippen LogP contribution is -2.48. The Morgan fingerprint density at radius 2 is 1.92 bits per heavy atom. The number of hydrogen-bond acceptors (Lipinski definition) is 2. The predicted molar refractivity (Wildman–Crippen MR) is 49.2 cm³/mol. The molecule has 0 spiro atoms. The van der Waals surface area contributed by atoms with Crippen LogP contribution in [0.3, 0.4) is 0 Å². The molecule has 0 saturated carbocycles. The van der Waals surface area contributed by atoms with Crippen LogP contribution in [0.5, 0.6) is 0 Å². The van der Waals surface area contributed by atoms with Crippen molar-refractivity contribution < 1.29 is 14.7 Å². The third kappa shape index (κ3) is 3.73. The number of hydrogen-bond donors (Lipinski definition) is 2. The van der Waals surface area contributed by atoms with E-state index in [2.05, 4.69) is 11.9 Å². The number of carboxylic acids is 1. The molecule has 1 atom stereocenters. The predicted octanol–water partition coefficient (Wildman–Crippen LogP) is 0.788. The number of amides is 1. The van der Waals surface area contributed by atoms with E-state index in [-0.39, 0.29) is 0 Å². The van der Waals surface area contributed by atoms with E-state index in [1.807, 2.05) is 0 Å². The van der Waals surface area contributed by atoms with Crippen molar-refractivity contribution in [2.45, 2.75) is 26.8 Å². The molecule has 0 aromatic carbocycles. The summed E-state index contributed by atoms with van der Waals surface area (Å²) >= 11 is 0. The number of carbonyl (C=O) groups excluding carboxylic acids is 1. The average Bonchev–Trinajstić information content (AvgIpc) is 1.96. The average molecular weight is 185 g/mol. The van der Waals surface area contributed by atoms with Crippen molar-refractivity contribution in [1.82, 2.24) is 5.32 Å². The normalized spacial score (nSPS) is 13.2. The minimum Gasteiger partial charge on any atom is -0.480 e. The maximum absolute atomic E-state index is 10.9. The van der Waals surface area contributed by atoms with Gasteiger partial charge in [-0.2, -0.15) is 0 Å². The molecule has 4 heteroatoms. The van der Waals surface area contributed by atoms with Gasteiger partial charge in [0.2, 0.25) is 5.91 Å². The first-order chi connectivity index (χ1) is 5.79. The first kappa shape index (κ1) is 11.7. The summed E-state index contributed by atoms with van der Waals surface area (Å²) in [6, 6.07) is -0.891. The van der Waals surface area contributed by atoms with Gasteiger partial charge < -0.3 is 10.4 Å². The van der Waals surface area contributed by atoms with E-state index in [9.17, 15) is 9.59 Å². The lowest BCUT2D eigenvalue weighted by Gasteiger charge is -2.27. The standard InChI is InChI=1S/C9H15NO3/c1-5-6(11)10-7(8(12)13)9(2,3)4/h5,7H,1H2,2-4H3,(H,10,11)(H,12,13)/t7-/m1/s1. The van der Waals surface area contributed by atoms with Gasteiger partial charge in [-0.3, -0.25) is 4.79 Å². The zero-order chi connectivity index (χ0) is 10.6. The summed E-state index contributed by atoms with van der Waals surface area (Å²) < 4.78 is 0. The van der Waals surface area contributed by atoms with E-state index in [4.69, 9.17) is 5.11 Å². The molecule has 0 heterocycles. The molecule has 4 nitrogen and oxygen atoms in total. The van der Waals surface area contributed by atoms with Crippen LogP contribution in [-0.2, 0) is 9.59 Å². The van der Waals surface area contributed by atoms with E-state index in [1.165, 1.54) is 0 Å². The monoisotopic (exact) mass is 185 g/mol. The van der Waals surface area contributed by atoms with Crippen molar-refractivity contribution in [3.8, 4) is 0 Å². The number of aliphatic carboxylic acids is 1. The molecule has 0 aromatic rings. The first-order valence-electron chi connectivity index (χ1n) is 3.94. The quantitative estimate of drug-likeness (QED) is 0.639. The fourth-order valence-electron chi connectivity index (χ4n) is 0.850. The maximum Gasteiger partial charge on any atom is 0.326 e. The lowest BCUT2D eigenvalue weighted by atomic mass is 9.87. The molecule has 0 unspecified atom stereocenters. The van der Waals surface area contributed by atoms with Crippen molar-refractivity contribution in [2.24, 2.45) is 5.41 Å². The zero-order valence-electron chi connectivity index (χ0n) is 8.13. The molecule has 0 aliphatic carbocycles. The summed E-state index contributed by atoms with van der Waals surface area (Å²) in [4.78, 5) is 21.6. The molecule has 0 aliphatic heterocycles. The second kappa shape index (κ2) is 4.07. The Morgan fingerprint density at radius 1 is 1.46 bits per heavy atom. The van der Waals surface area contributed by atoms with Crippen molar-refractivity contribution >= 4 is 11.9 Å². The number of rotatable bonds is 3. The van der Waals surface area contributed by atoms with Crippen LogP contribution < -0.4 is 5.32 Å². The van der Waals surface area contributed by atoms with E-state index >= 15 is 0 Å². The van der Waals surface area contributed by atoms with Crippen LogP contribution in [0.2, 0.25) is 0 Å². The summed E-state index contributed by atoms with van der Waals surface area (Å²) in [7, 11) is 0. The molecule has 0 saturated heterocycles. The summed E-state index contributed by atoms with van der Waals surface area (Å²) in [6.45, 7) is 8.49. The molecule has 1 amide bonds. The Kier molecular flexibility index (Phi) is 3.66. The zero-order valence-corrected chi connectivity index (χ0v) is 8.13. The molecule has 0 bridgehead atoms. The van der Waals surface area contributed by atoms with Gasteiger partial charge in [-0.25, -0.2) is 4.79 Å². The van der Waals surface area contributed by atoms with Gasteiger partial charge in [-0.15, -0.1) is 0 Å². The van der Waals surface area contributed by atoms with Gasteiger partial charge in [0.25, 0.3) is 0 Å². The molecule has 13 heavy (non-hydrogen) atoms. The van der Waals surface area contributed by atoms with E-state index in [1.54, 1.807) is 20.8 Å². The summed E-state index contributed by atoms with van der Waals surface area (Å²) in [5.74, 6) is -1.51. The van der Waals surface area contributed by atoms with Crippen LogP contribution in [0, 0.1) is 5.41 Å². The molecule has 2 N–H and O–H groups in total. The van der Waals surface area contributed by atoms with Gasteiger partial charge in [0.05, 0.1) is 0 Å². The summed E-state index contributed by atoms with van der Waals surface area (Å²) in [6.07, 6.45) is 1.06. The molecule has 0 radical (unpaired) electrons. The number of nitrogens with one attached hydrogen (secondary N) is 1. The summed E-state index contributed by atoms with van der Waals surface area (Å²) in [5, 5.41) is 11.2. The second-order valence-corrected chi connectivity index (χ2v) is 3.85. The molecular weight excluding hydrogens is 170 g/mol. The van der Waals surface area contributed by atoms with Crippen LogP contribution in [0.25, 0.3) is 0 Å². The molecule has 0 aromatic heterocycles. The summed E-state index contributed by atoms with van der Waals surface area (Å²) in [5.41, 5.74) is -0.509. The van der Waals surface area contributed by atoms with Crippen LogP contribution >= 0.6 is 0 Å². The Hall–Kier alpha value is -1.32. The molecule has 0 fully saturated rings. The highest BCUT2D eigenvalue weighted by atomic mass is 16.4. The lowest BCUT2D eigenvalue weighted by molar-refractivity contribution is -0.144. The Balaban J connectivity index is 4.55. The first-order valence-corrected chi connectivity index (χ1v) is 3.94. The molecule has 74 valence electrons. The fourth-order valence-corrected chi connectivity index (χ4v) is 0.850. The van der Waals surface area contributed by atoms with Crippen molar-refractivity contribution in [3.05, 3.63) is 12.7 Å². The maximum atomic E-state index is 10.9. The Bertz CT molecular complexity index is 228. The van der Waals surface area contributed by atoms with E-state index < -0.39 is 23.3 Å². The van der Waals surface area contributed by atoms with Crippen LogP contribution in [-0.4, -0.2) is 23.0 Å². The van der Waals surface area contributed by atoms with Crippen LogP contribution in [0.15, 0.2) is 12.7 Å². The van der Waals surface area contributed by atoms with Gasteiger partial charge in [-0.1, -0.05) is 27.4 Å². The Morgan fingerprint density at radius 3 is 2.15 bits per heavy atom. The second-order valence-electron chi connectivity index (χ2n) is 3.85. The van der Waals surface area contributed by atoms with E-state index in [0.717, 1.165) is 6.08 Å². The van der Waals surface area contributed by atoms with Gasteiger partial charge >= 0.3 is 5.97 Å². The highest BCUT2D eigenvalue weighted by Gasteiger charge is 2.31. The van der Waals surface area contributed by atoms with Gasteiger partial charge in [-0.05, 0) is 11.5 Å². The van der Waals surface area contributed by atoms with Crippen molar-refractivity contribution in [1.29, 1.82) is 0 Å². The largest absolute Gasteiger partial charge is 0.480 e. The molecular formula is C9H15NO3. The molecule has 0 aliphatic rings. The smallest absolute Gasteiger partial charge is 0.326 e. The van der Waals surface area contributed by atoms with Crippen LogP contribution in [0.1, 0.15) is 20.8 Å². The molecule has 0 rings (SSSR count). The third-order valence-corrected chi connectivity index (χ3v) is 1.58. The number of carbonyl (C=O) groups is 2. The highest BCUT2D eigenvalue weighted by molar-refractivity contribution is 5.90. The third-order valence-electron chi connectivity index (χ3n) is 1.58. The fraction of sp³-hybridized carbons (Fsp3) is 0.556. The highest BCUT2D eigenvalue weighted by Crippen LogP contribution is 2.19. The Labute approximate surface area is 77.6 Å². The SMILES string of the molecule is C=CC(=O)N[C@H](C(=O)O)C(C)(C)C. The van der Waals surface area contributed by atoms with Crippen LogP contribution in [0.4, 0.5) is 0 Å². The van der Waals surface area contributed by atoms with Gasteiger partial charge in [0, 0.05) is 0 Å². The minimum absolute atomic E-state index is 0.470. The van der Waals surface area contributed by atoms with Crippen molar-refractivity contribution in [2.75, 3.05) is 0 Å².